The molecule has 3 atom stereocenters. The van der Waals surface area contributed by atoms with Gasteiger partial charge in [0.1, 0.15) is 12.1 Å². The number of amides is 2. The van der Waals surface area contributed by atoms with Crippen molar-refractivity contribution in [3.8, 4) is 0 Å². The van der Waals surface area contributed by atoms with Crippen molar-refractivity contribution in [1.29, 1.82) is 0 Å². The van der Waals surface area contributed by atoms with E-state index in [1.54, 1.807) is 30.5 Å². The summed E-state index contributed by atoms with van der Waals surface area (Å²) in [4.78, 5) is 43.8. The fourth-order valence-electron chi connectivity index (χ4n) is 3.02. The normalized spacial score (nSPS) is 14.0. The van der Waals surface area contributed by atoms with Gasteiger partial charge >= 0.3 is 5.97 Å². The maximum Gasteiger partial charge on any atom is 0.326 e. The van der Waals surface area contributed by atoms with Crippen molar-refractivity contribution in [3.63, 3.8) is 0 Å². The largest absolute Gasteiger partial charge is 0.480 e. The van der Waals surface area contributed by atoms with Crippen LogP contribution in [0.1, 0.15) is 31.5 Å². The molecule has 0 aliphatic rings. The van der Waals surface area contributed by atoms with E-state index in [1.165, 1.54) is 6.33 Å². The van der Waals surface area contributed by atoms with Crippen molar-refractivity contribution in [2.45, 2.75) is 51.2 Å². The molecule has 1 aromatic heterocycles. The predicted octanol–water partition coefficient (Wildman–Crippen LogP) is 0.623. The lowest BCUT2D eigenvalue weighted by atomic mass is 10.0. The van der Waals surface area contributed by atoms with Gasteiger partial charge in [0.25, 0.3) is 0 Å². The van der Waals surface area contributed by atoms with Crippen LogP contribution >= 0.6 is 0 Å². The first-order valence-electron chi connectivity index (χ1n) is 9.87. The Balaban J connectivity index is 2.03. The summed E-state index contributed by atoms with van der Waals surface area (Å²) in [6.45, 7) is 3.82. The lowest BCUT2D eigenvalue weighted by Gasteiger charge is -2.24. The number of H-pyrrole nitrogens is 1. The number of nitrogens with one attached hydrogen (secondary N) is 3. The second-order valence-electron chi connectivity index (χ2n) is 7.65. The Morgan fingerprint density at radius 3 is 2.30 bits per heavy atom. The SMILES string of the molecule is CC(C)C[C@@H](NC(=O)[C@H](N)Cc1c[nH]cn1)C(=O)N[C@@H](Cc1ccccc1)C(=O)O. The van der Waals surface area contributed by atoms with Gasteiger partial charge in [-0.2, -0.15) is 0 Å². The van der Waals surface area contributed by atoms with Gasteiger partial charge in [-0.05, 0) is 17.9 Å². The van der Waals surface area contributed by atoms with E-state index in [2.05, 4.69) is 20.6 Å². The van der Waals surface area contributed by atoms with Crippen molar-refractivity contribution in [2.24, 2.45) is 11.7 Å². The summed E-state index contributed by atoms with van der Waals surface area (Å²) in [5, 5.41) is 14.7. The fraction of sp³-hybridized carbons (Fsp3) is 0.429. The van der Waals surface area contributed by atoms with Crippen molar-refractivity contribution in [1.82, 2.24) is 20.6 Å². The number of nitrogens with zero attached hydrogens (tertiary/aromatic N) is 1. The van der Waals surface area contributed by atoms with Gasteiger partial charge in [0.2, 0.25) is 11.8 Å². The second kappa shape index (κ2) is 11.1. The number of rotatable bonds is 11. The van der Waals surface area contributed by atoms with Crippen LogP contribution in [0.25, 0.3) is 0 Å². The number of nitrogens with two attached hydrogens (primary N) is 1. The van der Waals surface area contributed by atoms with Gasteiger partial charge < -0.3 is 26.5 Å². The van der Waals surface area contributed by atoms with Crippen molar-refractivity contribution >= 4 is 17.8 Å². The molecular weight excluding hydrogens is 386 g/mol. The number of aromatic amines is 1. The Hall–Kier alpha value is -3.20. The zero-order valence-electron chi connectivity index (χ0n) is 17.2. The summed E-state index contributed by atoms with van der Waals surface area (Å²) in [5.41, 5.74) is 7.37. The van der Waals surface area contributed by atoms with E-state index in [-0.39, 0.29) is 18.8 Å². The van der Waals surface area contributed by atoms with Gasteiger partial charge in [0.15, 0.2) is 0 Å². The first-order valence-corrected chi connectivity index (χ1v) is 9.87. The maximum atomic E-state index is 12.8. The first-order chi connectivity index (χ1) is 14.3. The molecule has 0 spiro atoms. The number of carbonyl (C=O) groups is 3. The molecule has 2 aromatic rings. The molecule has 0 saturated carbocycles. The summed E-state index contributed by atoms with van der Waals surface area (Å²) in [7, 11) is 0. The predicted molar refractivity (Wildman–Crippen MR) is 111 cm³/mol. The lowest BCUT2D eigenvalue weighted by molar-refractivity contribution is -0.142. The molecule has 2 amide bonds. The molecular formula is C21H29N5O4. The van der Waals surface area contributed by atoms with E-state index < -0.39 is 35.9 Å². The highest BCUT2D eigenvalue weighted by molar-refractivity contribution is 5.91. The number of aliphatic carboxylic acids is 1. The molecule has 9 heteroatoms. The van der Waals surface area contributed by atoms with Gasteiger partial charge in [-0.3, -0.25) is 9.59 Å². The Kier molecular flexibility index (Phi) is 8.54. The van der Waals surface area contributed by atoms with E-state index >= 15 is 0 Å². The molecule has 0 aliphatic carbocycles. The van der Waals surface area contributed by atoms with Gasteiger partial charge in [-0.1, -0.05) is 44.2 Å². The maximum absolute atomic E-state index is 12.8. The Morgan fingerprint density at radius 1 is 1.07 bits per heavy atom. The van der Waals surface area contributed by atoms with Crippen LogP contribution < -0.4 is 16.4 Å². The third-order valence-corrected chi connectivity index (χ3v) is 4.56. The second-order valence-corrected chi connectivity index (χ2v) is 7.65. The van der Waals surface area contributed by atoms with Crippen LogP contribution in [0.3, 0.4) is 0 Å². The molecule has 0 fully saturated rings. The van der Waals surface area contributed by atoms with E-state index in [1.807, 2.05) is 19.9 Å². The number of aromatic nitrogens is 2. The molecule has 0 saturated heterocycles. The highest BCUT2D eigenvalue weighted by atomic mass is 16.4. The molecule has 2 rings (SSSR count). The zero-order valence-corrected chi connectivity index (χ0v) is 17.2. The number of hydrogen-bond donors (Lipinski definition) is 5. The molecule has 0 aliphatic heterocycles. The molecule has 1 aromatic carbocycles. The molecule has 9 nitrogen and oxygen atoms in total. The van der Waals surface area contributed by atoms with Gasteiger partial charge in [-0.25, -0.2) is 9.78 Å². The quantitative estimate of drug-likeness (QED) is 0.363. The summed E-state index contributed by atoms with van der Waals surface area (Å²) in [6.07, 6.45) is 3.85. The molecule has 30 heavy (non-hydrogen) atoms. The summed E-state index contributed by atoms with van der Waals surface area (Å²) in [5.74, 6) is -2.08. The van der Waals surface area contributed by atoms with E-state index in [0.29, 0.717) is 12.1 Å². The molecule has 0 unspecified atom stereocenters. The van der Waals surface area contributed by atoms with Crippen LogP contribution in [-0.4, -0.2) is 51.0 Å². The van der Waals surface area contributed by atoms with Crippen LogP contribution in [0.2, 0.25) is 0 Å². The van der Waals surface area contributed by atoms with Crippen molar-refractivity contribution in [3.05, 3.63) is 54.1 Å². The Morgan fingerprint density at radius 2 is 1.73 bits per heavy atom. The molecule has 0 bridgehead atoms. The first kappa shape index (κ1) is 23.1. The molecule has 1 heterocycles. The van der Waals surface area contributed by atoms with E-state index in [0.717, 1.165) is 5.56 Å². The smallest absolute Gasteiger partial charge is 0.326 e. The zero-order chi connectivity index (χ0) is 22.1. The minimum atomic E-state index is -1.14. The van der Waals surface area contributed by atoms with Crippen LogP contribution in [0.4, 0.5) is 0 Å². The minimum absolute atomic E-state index is 0.0982. The fourth-order valence-corrected chi connectivity index (χ4v) is 3.02. The summed E-state index contributed by atoms with van der Waals surface area (Å²) < 4.78 is 0. The highest BCUT2D eigenvalue weighted by Gasteiger charge is 2.28. The van der Waals surface area contributed by atoms with Crippen LogP contribution in [-0.2, 0) is 27.2 Å². The van der Waals surface area contributed by atoms with Gasteiger partial charge in [-0.15, -0.1) is 0 Å². The molecule has 0 radical (unpaired) electrons. The molecule has 6 N–H and O–H groups in total. The lowest BCUT2D eigenvalue weighted by Crippen LogP contribution is -2.55. The minimum Gasteiger partial charge on any atom is -0.480 e. The number of carbonyl (C=O) groups excluding carboxylic acids is 2. The summed E-state index contributed by atoms with van der Waals surface area (Å²) in [6, 6.07) is 6.16. The molecule has 162 valence electrons. The van der Waals surface area contributed by atoms with Crippen molar-refractivity contribution in [2.75, 3.05) is 0 Å². The number of benzene rings is 1. The van der Waals surface area contributed by atoms with E-state index in [4.69, 9.17) is 5.73 Å². The van der Waals surface area contributed by atoms with Gasteiger partial charge in [0, 0.05) is 19.0 Å². The third-order valence-electron chi connectivity index (χ3n) is 4.56. The number of carboxylic acids is 1. The average molecular weight is 415 g/mol. The Labute approximate surface area is 175 Å². The number of imidazole rings is 1. The summed E-state index contributed by atoms with van der Waals surface area (Å²) >= 11 is 0. The third kappa shape index (κ3) is 7.32. The van der Waals surface area contributed by atoms with Crippen LogP contribution in [0.5, 0.6) is 0 Å². The van der Waals surface area contributed by atoms with E-state index in [9.17, 15) is 19.5 Å². The van der Waals surface area contributed by atoms with Crippen LogP contribution in [0.15, 0.2) is 42.9 Å². The van der Waals surface area contributed by atoms with Crippen LogP contribution in [0, 0.1) is 5.92 Å². The number of carboxylic acid groups (broad SMARTS) is 1. The van der Waals surface area contributed by atoms with Crippen molar-refractivity contribution < 1.29 is 19.5 Å². The highest BCUT2D eigenvalue weighted by Crippen LogP contribution is 2.08. The number of hydrogen-bond acceptors (Lipinski definition) is 5. The standard InChI is InChI=1S/C21H29N5O4/c1-13(2)8-17(25-19(27)16(22)10-15-11-23-12-24-15)20(28)26-18(21(29)30)9-14-6-4-3-5-7-14/h3-7,11-13,16-18H,8-10,22H2,1-2H3,(H,23,24)(H,25,27)(H,26,28)(H,29,30)/t16-,17-,18+/m1/s1. The average Bonchev–Trinajstić information content (AvgIpc) is 3.20. The topological polar surface area (TPSA) is 150 Å². The monoisotopic (exact) mass is 415 g/mol. The van der Waals surface area contributed by atoms with Gasteiger partial charge in [0.05, 0.1) is 18.1 Å². The Bertz CT molecular complexity index is 823.